The summed E-state index contributed by atoms with van der Waals surface area (Å²) < 4.78 is 0. The summed E-state index contributed by atoms with van der Waals surface area (Å²) in [6.45, 7) is 6.28. The average Bonchev–Trinajstić information content (AvgIpc) is 3.01. The zero-order chi connectivity index (χ0) is 27.9. The van der Waals surface area contributed by atoms with E-state index in [9.17, 15) is 9.59 Å². The highest BCUT2D eigenvalue weighted by molar-refractivity contribution is 6.33. The summed E-state index contributed by atoms with van der Waals surface area (Å²) in [5.41, 5.74) is 4.51. The number of carbonyl (C=O) groups excluding carboxylic acids is 2. The summed E-state index contributed by atoms with van der Waals surface area (Å²) in [6, 6.07) is 29.4. The molecule has 0 aliphatic carbocycles. The van der Waals surface area contributed by atoms with Gasteiger partial charge in [0.1, 0.15) is 6.54 Å². The first kappa shape index (κ1) is 27.1. The molecule has 4 aromatic rings. The van der Waals surface area contributed by atoms with Gasteiger partial charge >= 0.3 is 0 Å². The number of amides is 2. The molecule has 0 atom stereocenters. The molecule has 202 valence electrons. The Balaban J connectivity index is 1.17. The highest BCUT2D eigenvalue weighted by Crippen LogP contribution is 2.24. The molecule has 40 heavy (non-hydrogen) atoms. The van der Waals surface area contributed by atoms with Gasteiger partial charge in [0.15, 0.2) is 5.82 Å². The van der Waals surface area contributed by atoms with Crippen LogP contribution in [0.25, 0.3) is 22.4 Å². The number of hydrogen-bond donors (Lipinski definition) is 0. The van der Waals surface area contributed by atoms with Crippen LogP contribution in [0.4, 0.5) is 5.82 Å². The van der Waals surface area contributed by atoms with Gasteiger partial charge in [0.05, 0.1) is 16.3 Å². The van der Waals surface area contributed by atoms with Crippen LogP contribution in [0.5, 0.6) is 0 Å². The number of hydrogen-bond acceptors (Lipinski definition) is 5. The highest BCUT2D eigenvalue weighted by atomic mass is 35.5. The molecule has 7 nitrogen and oxygen atoms in total. The van der Waals surface area contributed by atoms with Crippen LogP contribution < -0.4 is 4.90 Å². The lowest BCUT2D eigenvalue weighted by molar-refractivity contribution is -0.132. The van der Waals surface area contributed by atoms with Crippen LogP contribution in [0.2, 0.25) is 5.02 Å². The first-order valence-corrected chi connectivity index (χ1v) is 13.6. The maximum Gasteiger partial charge on any atom is 0.256 e. The second-order valence-electron chi connectivity index (χ2n) is 9.54. The number of rotatable bonds is 8. The minimum absolute atomic E-state index is 0.0341. The van der Waals surface area contributed by atoms with Gasteiger partial charge in [0.25, 0.3) is 5.91 Å². The van der Waals surface area contributed by atoms with Gasteiger partial charge in [-0.05, 0) is 35.4 Å². The Kier molecular flexibility index (Phi) is 8.52. The SMILES string of the molecule is C=CCN(CC(=O)N1CCN(c2ccc(-c3ccc(-c4ccccc4)cc3)nn2)CC1)C(=O)c1ccccc1Cl. The molecule has 0 bridgehead atoms. The minimum Gasteiger partial charge on any atom is -0.352 e. The predicted molar refractivity (Wildman–Crippen MR) is 159 cm³/mol. The monoisotopic (exact) mass is 551 g/mol. The Morgan fingerprint density at radius 1 is 0.800 bits per heavy atom. The Morgan fingerprint density at radius 2 is 1.45 bits per heavy atom. The molecule has 3 aromatic carbocycles. The van der Waals surface area contributed by atoms with Gasteiger partial charge in [0.2, 0.25) is 5.91 Å². The van der Waals surface area contributed by atoms with Crippen LogP contribution >= 0.6 is 11.6 Å². The third-order valence-electron chi connectivity index (χ3n) is 6.96. The predicted octanol–water partition coefficient (Wildman–Crippen LogP) is 5.44. The fourth-order valence-corrected chi connectivity index (χ4v) is 4.96. The van der Waals surface area contributed by atoms with E-state index in [1.54, 1.807) is 35.2 Å². The number of halogens is 1. The largest absolute Gasteiger partial charge is 0.352 e. The zero-order valence-corrected chi connectivity index (χ0v) is 22.9. The molecule has 2 heterocycles. The summed E-state index contributed by atoms with van der Waals surface area (Å²) in [5.74, 6) is 0.378. The molecule has 2 amide bonds. The number of anilines is 1. The first-order valence-electron chi connectivity index (χ1n) is 13.2. The standard InChI is InChI=1S/C32H30ClN5O2/c1-2-18-38(32(40)27-10-6-7-11-28(27)33)23-31(39)37-21-19-36(20-22-37)30-17-16-29(34-35-30)26-14-12-25(13-15-26)24-8-4-3-5-9-24/h2-17H,1,18-23H2. The van der Waals surface area contributed by atoms with Crippen LogP contribution in [-0.4, -0.2) is 71.1 Å². The molecule has 0 unspecified atom stereocenters. The first-order chi connectivity index (χ1) is 19.5. The Labute approximate surface area is 239 Å². The molecule has 0 spiro atoms. The lowest BCUT2D eigenvalue weighted by Crippen LogP contribution is -2.52. The van der Waals surface area contributed by atoms with Crippen molar-refractivity contribution in [2.45, 2.75) is 0 Å². The van der Waals surface area contributed by atoms with Crippen molar-refractivity contribution in [3.8, 4) is 22.4 Å². The van der Waals surface area contributed by atoms with Gasteiger partial charge < -0.3 is 14.7 Å². The van der Waals surface area contributed by atoms with Crippen molar-refractivity contribution < 1.29 is 9.59 Å². The summed E-state index contributed by atoms with van der Waals surface area (Å²) in [7, 11) is 0. The van der Waals surface area contributed by atoms with Gasteiger partial charge in [-0.25, -0.2) is 0 Å². The normalized spacial score (nSPS) is 13.1. The average molecular weight is 552 g/mol. The summed E-state index contributed by atoms with van der Waals surface area (Å²) in [5, 5.41) is 9.28. The van der Waals surface area contributed by atoms with Crippen molar-refractivity contribution in [3.05, 3.63) is 114 Å². The molecule has 1 fully saturated rings. The lowest BCUT2D eigenvalue weighted by atomic mass is 10.0. The summed E-state index contributed by atoms with van der Waals surface area (Å²) in [6.07, 6.45) is 1.61. The van der Waals surface area contributed by atoms with Crippen LogP contribution in [0, 0.1) is 0 Å². The van der Waals surface area contributed by atoms with Gasteiger partial charge in [-0.3, -0.25) is 9.59 Å². The Hall–Kier alpha value is -4.49. The molecule has 0 N–H and O–H groups in total. The molecule has 1 aliphatic heterocycles. The van der Waals surface area contributed by atoms with Crippen LogP contribution in [-0.2, 0) is 4.79 Å². The quantitative estimate of drug-likeness (QED) is 0.273. The van der Waals surface area contributed by atoms with Crippen LogP contribution in [0.15, 0.2) is 104 Å². The summed E-state index contributed by atoms with van der Waals surface area (Å²) >= 11 is 6.21. The van der Waals surface area contributed by atoms with E-state index in [-0.39, 0.29) is 24.9 Å². The Morgan fingerprint density at radius 3 is 2.10 bits per heavy atom. The van der Waals surface area contributed by atoms with E-state index < -0.39 is 0 Å². The molecule has 1 aliphatic rings. The van der Waals surface area contributed by atoms with Crippen LogP contribution in [0.3, 0.4) is 0 Å². The summed E-state index contributed by atoms with van der Waals surface area (Å²) in [4.78, 5) is 31.5. The Bertz CT molecular complexity index is 1470. The molecule has 1 aromatic heterocycles. The van der Waals surface area contributed by atoms with E-state index in [1.807, 2.05) is 30.3 Å². The van der Waals surface area contributed by atoms with E-state index in [4.69, 9.17) is 11.6 Å². The van der Waals surface area contributed by atoms with Gasteiger partial charge in [-0.15, -0.1) is 16.8 Å². The van der Waals surface area contributed by atoms with Crippen molar-refractivity contribution in [2.75, 3.05) is 44.2 Å². The molecular formula is C32H30ClN5O2. The number of carbonyl (C=O) groups is 2. The van der Waals surface area contributed by atoms with Gasteiger partial charge in [-0.1, -0.05) is 84.4 Å². The topological polar surface area (TPSA) is 69.6 Å². The fourth-order valence-electron chi connectivity index (χ4n) is 4.74. The molecule has 1 saturated heterocycles. The molecule has 5 rings (SSSR count). The maximum atomic E-state index is 13.1. The molecule has 8 heteroatoms. The smallest absolute Gasteiger partial charge is 0.256 e. The maximum absolute atomic E-state index is 13.1. The highest BCUT2D eigenvalue weighted by Gasteiger charge is 2.26. The van der Waals surface area contributed by atoms with E-state index in [1.165, 1.54) is 10.5 Å². The van der Waals surface area contributed by atoms with Crippen molar-refractivity contribution in [3.63, 3.8) is 0 Å². The van der Waals surface area contributed by atoms with Gasteiger partial charge in [-0.2, -0.15) is 0 Å². The fraction of sp³-hybridized carbons (Fsp3) is 0.188. The van der Waals surface area contributed by atoms with E-state index in [2.05, 4.69) is 58.1 Å². The second-order valence-corrected chi connectivity index (χ2v) is 9.95. The van der Waals surface area contributed by atoms with Crippen molar-refractivity contribution >= 4 is 29.2 Å². The number of benzene rings is 3. The third-order valence-corrected chi connectivity index (χ3v) is 7.29. The van der Waals surface area contributed by atoms with E-state index >= 15 is 0 Å². The second kappa shape index (κ2) is 12.6. The lowest BCUT2D eigenvalue weighted by Gasteiger charge is -2.36. The van der Waals surface area contributed by atoms with Crippen molar-refractivity contribution in [2.24, 2.45) is 0 Å². The molecule has 0 radical (unpaired) electrons. The van der Waals surface area contributed by atoms with Gasteiger partial charge in [0, 0.05) is 38.3 Å². The van der Waals surface area contributed by atoms with Crippen molar-refractivity contribution in [1.82, 2.24) is 20.0 Å². The van der Waals surface area contributed by atoms with E-state index in [0.29, 0.717) is 36.8 Å². The van der Waals surface area contributed by atoms with Crippen LogP contribution in [0.1, 0.15) is 10.4 Å². The molecular weight excluding hydrogens is 522 g/mol. The molecule has 0 saturated carbocycles. The number of nitrogens with zero attached hydrogens (tertiary/aromatic N) is 5. The zero-order valence-electron chi connectivity index (χ0n) is 22.1. The third kappa shape index (κ3) is 6.21. The van der Waals surface area contributed by atoms with Crippen molar-refractivity contribution in [1.29, 1.82) is 0 Å². The van der Waals surface area contributed by atoms with E-state index in [0.717, 1.165) is 22.6 Å². The number of aromatic nitrogens is 2. The minimum atomic E-state index is -0.289. The number of piperazine rings is 1.